The zero-order chi connectivity index (χ0) is 12.0. The lowest BCUT2D eigenvalue weighted by molar-refractivity contribution is 0.0974. The molecule has 0 bridgehead atoms. The first-order chi connectivity index (χ1) is 8.20. The molecule has 0 saturated heterocycles. The molecule has 2 aliphatic carbocycles. The van der Waals surface area contributed by atoms with Crippen LogP contribution >= 0.6 is 0 Å². The monoisotopic (exact) mass is 225 g/mol. The number of fused-ring (bicyclic) bond motifs is 1. The summed E-state index contributed by atoms with van der Waals surface area (Å²) >= 11 is 0. The molecule has 0 heterocycles. The number of benzene rings is 1. The third-order valence-corrected chi connectivity index (χ3v) is 3.26. The van der Waals surface area contributed by atoms with Crippen molar-refractivity contribution in [2.75, 3.05) is 5.73 Å². The number of anilines is 1. The van der Waals surface area contributed by atoms with E-state index in [0.29, 0.717) is 34.4 Å². The van der Waals surface area contributed by atoms with E-state index in [0.717, 1.165) is 6.42 Å². The van der Waals surface area contributed by atoms with Gasteiger partial charge in [0.1, 0.15) is 0 Å². The van der Waals surface area contributed by atoms with E-state index in [1.54, 1.807) is 24.3 Å². The maximum Gasteiger partial charge on any atom is 0.194 e. The summed E-state index contributed by atoms with van der Waals surface area (Å²) < 4.78 is 0. The van der Waals surface area contributed by atoms with E-state index < -0.39 is 0 Å². The van der Waals surface area contributed by atoms with Gasteiger partial charge in [0.25, 0.3) is 0 Å². The summed E-state index contributed by atoms with van der Waals surface area (Å²) in [6, 6.07) is 5.03. The summed E-state index contributed by atoms with van der Waals surface area (Å²) in [5.74, 6) is -0.171. The van der Waals surface area contributed by atoms with E-state index in [2.05, 4.69) is 0 Å². The number of nitrogen functional groups attached to an aromatic ring is 1. The predicted octanol–water partition coefficient (Wildman–Crippen LogP) is 2.29. The van der Waals surface area contributed by atoms with Gasteiger partial charge in [0.15, 0.2) is 11.6 Å². The molecule has 3 nitrogen and oxygen atoms in total. The Kier molecular flexibility index (Phi) is 2.01. The van der Waals surface area contributed by atoms with Crippen LogP contribution in [-0.2, 0) is 0 Å². The number of allylic oxidation sites excluding steroid dienone is 4. The van der Waals surface area contributed by atoms with Crippen LogP contribution in [0, 0.1) is 0 Å². The number of hydrogen-bond donors (Lipinski definition) is 1. The van der Waals surface area contributed by atoms with Gasteiger partial charge in [-0.2, -0.15) is 0 Å². The molecule has 1 aromatic carbocycles. The van der Waals surface area contributed by atoms with E-state index in [4.69, 9.17) is 5.73 Å². The fraction of sp³-hybridized carbons (Fsp3) is 0.143. The molecule has 2 aliphatic rings. The molecule has 0 spiro atoms. The lowest BCUT2D eigenvalue weighted by Crippen LogP contribution is -2.23. The van der Waals surface area contributed by atoms with Crippen molar-refractivity contribution in [1.29, 1.82) is 0 Å². The average Bonchev–Trinajstić information content (AvgIpc) is 2.36. The third-order valence-electron chi connectivity index (χ3n) is 3.26. The SMILES string of the molecule is Nc1cccc2c1C(=O)C1=C(C=CCC1)C2=O. The highest BCUT2D eigenvalue weighted by Crippen LogP contribution is 2.34. The Balaban J connectivity index is 2.30. The van der Waals surface area contributed by atoms with Crippen molar-refractivity contribution in [2.24, 2.45) is 0 Å². The minimum absolute atomic E-state index is 0.0853. The standard InChI is InChI=1S/C14H11NO2/c15-11-7-3-6-10-12(11)14(17)9-5-2-1-4-8(9)13(10)16/h1,3-4,6-7H,2,5,15H2. The van der Waals surface area contributed by atoms with Crippen LogP contribution in [0.4, 0.5) is 5.69 Å². The Morgan fingerprint density at radius 3 is 2.76 bits per heavy atom. The Bertz CT molecular complexity index is 609. The van der Waals surface area contributed by atoms with Crippen LogP contribution < -0.4 is 5.73 Å². The molecule has 0 radical (unpaired) electrons. The molecule has 0 unspecified atom stereocenters. The van der Waals surface area contributed by atoms with Crippen LogP contribution in [0.25, 0.3) is 0 Å². The minimum Gasteiger partial charge on any atom is -0.398 e. The molecule has 84 valence electrons. The molecule has 17 heavy (non-hydrogen) atoms. The van der Waals surface area contributed by atoms with Crippen LogP contribution in [0.1, 0.15) is 33.6 Å². The van der Waals surface area contributed by atoms with E-state index in [1.165, 1.54) is 0 Å². The van der Waals surface area contributed by atoms with Crippen LogP contribution in [0.5, 0.6) is 0 Å². The molecule has 0 aliphatic heterocycles. The Morgan fingerprint density at radius 1 is 1.12 bits per heavy atom. The van der Waals surface area contributed by atoms with Crippen molar-refractivity contribution >= 4 is 17.3 Å². The molecule has 1 aromatic rings. The fourth-order valence-electron chi connectivity index (χ4n) is 2.42. The molecular formula is C14H11NO2. The summed E-state index contributed by atoms with van der Waals surface area (Å²) in [6.45, 7) is 0. The molecule has 0 saturated carbocycles. The Hall–Kier alpha value is -2.16. The average molecular weight is 225 g/mol. The molecular weight excluding hydrogens is 214 g/mol. The fourth-order valence-corrected chi connectivity index (χ4v) is 2.42. The molecule has 0 atom stereocenters. The van der Waals surface area contributed by atoms with Crippen molar-refractivity contribution < 1.29 is 9.59 Å². The summed E-state index contributed by atoms with van der Waals surface area (Å²) in [7, 11) is 0. The van der Waals surface area contributed by atoms with Gasteiger partial charge in [-0.3, -0.25) is 9.59 Å². The first kappa shape index (κ1) is 10.0. The third kappa shape index (κ3) is 1.29. The number of rotatable bonds is 0. The first-order valence-corrected chi connectivity index (χ1v) is 5.57. The molecule has 0 fully saturated rings. The molecule has 0 amide bonds. The molecule has 3 heteroatoms. The topological polar surface area (TPSA) is 60.2 Å². The van der Waals surface area contributed by atoms with Gasteiger partial charge in [-0.05, 0) is 18.9 Å². The summed E-state index contributed by atoms with van der Waals surface area (Å²) in [4.78, 5) is 24.5. The number of carbonyl (C=O) groups excluding carboxylic acids is 2. The lowest BCUT2D eigenvalue weighted by atomic mass is 9.79. The number of nitrogens with two attached hydrogens (primary N) is 1. The summed E-state index contributed by atoms with van der Waals surface area (Å²) in [5.41, 5.74) is 8.16. The highest BCUT2D eigenvalue weighted by atomic mass is 16.1. The zero-order valence-electron chi connectivity index (χ0n) is 9.19. The highest BCUT2D eigenvalue weighted by molar-refractivity contribution is 6.29. The van der Waals surface area contributed by atoms with Gasteiger partial charge in [-0.25, -0.2) is 0 Å². The van der Waals surface area contributed by atoms with Crippen molar-refractivity contribution in [2.45, 2.75) is 12.8 Å². The van der Waals surface area contributed by atoms with E-state index in [9.17, 15) is 9.59 Å². The number of hydrogen-bond acceptors (Lipinski definition) is 3. The van der Waals surface area contributed by atoms with Gasteiger partial charge in [0.05, 0.1) is 5.56 Å². The largest absolute Gasteiger partial charge is 0.398 e. The second-order valence-corrected chi connectivity index (χ2v) is 4.26. The second kappa shape index (κ2) is 3.42. The van der Waals surface area contributed by atoms with Crippen LogP contribution in [0.15, 0.2) is 41.5 Å². The van der Waals surface area contributed by atoms with E-state index in [-0.39, 0.29) is 11.6 Å². The molecule has 2 N–H and O–H groups in total. The van der Waals surface area contributed by atoms with Gasteiger partial charge in [0, 0.05) is 22.4 Å². The zero-order valence-corrected chi connectivity index (χ0v) is 9.19. The van der Waals surface area contributed by atoms with Crippen molar-refractivity contribution in [3.8, 4) is 0 Å². The van der Waals surface area contributed by atoms with Gasteiger partial charge >= 0.3 is 0 Å². The smallest absolute Gasteiger partial charge is 0.194 e. The number of ketones is 2. The lowest BCUT2D eigenvalue weighted by Gasteiger charge is -2.22. The predicted molar refractivity (Wildman–Crippen MR) is 64.9 cm³/mol. The second-order valence-electron chi connectivity index (χ2n) is 4.26. The minimum atomic E-state index is -0.0861. The maximum atomic E-state index is 12.3. The van der Waals surface area contributed by atoms with E-state index >= 15 is 0 Å². The van der Waals surface area contributed by atoms with Crippen molar-refractivity contribution in [3.63, 3.8) is 0 Å². The first-order valence-electron chi connectivity index (χ1n) is 5.57. The van der Waals surface area contributed by atoms with Crippen molar-refractivity contribution in [3.05, 3.63) is 52.6 Å². The summed E-state index contributed by atoms with van der Waals surface area (Å²) in [6.07, 6.45) is 5.12. The van der Waals surface area contributed by atoms with Crippen LogP contribution in [0.2, 0.25) is 0 Å². The number of carbonyl (C=O) groups is 2. The van der Waals surface area contributed by atoms with E-state index in [1.807, 2.05) is 6.08 Å². The van der Waals surface area contributed by atoms with Crippen LogP contribution in [-0.4, -0.2) is 11.6 Å². The van der Waals surface area contributed by atoms with Gasteiger partial charge < -0.3 is 5.73 Å². The van der Waals surface area contributed by atoms with Crippen molar-refractivity contribution in [1.82, 2.24) is 0 Å². The quantitative estimate of drug-likeness (QED) is 0.689. The van der Waals surface area contributed by atoms with Gasteiger partial charge in [-0.15, -0.1) is 0 Å². The normalized spacial score (nSPS) is 18.1. The Morgan fingerprint density at radius 2 is 1.94 bits per heavy atom. The summed E-state index contributed by atoms with van der Waals surface area (Å²) in [5, 5.41) is 0. The number of Topliss-reactive ketones (excluding diaryl/α,β-unsaturated/α-hetero) is 2. The maximum absolute atomic E-state index is 12.3. The van der Waals surface area contributed by atoms with Gasteiger partial charge in [-0.1, -0.05) is 24.3 Å². The Labute approximate surface area is 98.6 Å². The molecule has 0 aromatic heterocycles. The molecule has 3 rings (SSSR count). The van der Waals surface area contributed by atoms with Gasteiger partial charge in [0.2, 0.25) is 0 Å². The highest BCUT2D eigenvalue weighted by Gasteiger charge is 2.32. The van der Waals surface area contributed by atoms with Crippen LogP contribution in [0.3, 0.4) is 0 Å².